The molecule has 0 aliphatic rings. The highest BCUT2D eigenvalue weighted by Crippen LogP contribution is 2.43. The van der Waals surface area contributed by atoms with E-state index < -0.39 is 4.92 Å². The molecule has 0 saturated heterocycles. The molecule has 0 aliphatic carbocycles. The Hall–Kier alpha value is -0.880. The normalized spacial score (nSPS) is 11.5. The number of ketones is 1. The molecular formula is C10H13NO3S2. The SMILES string of the molecule is CC(=O)c1cc([N+](=O)[O-])c(SC(C)(C)C)s1. The zero-order valence-electron chi connectivity index (χ0n) is 9.57. The Labute approximate surface area is 102 Å². The lowest BCUT2D eigenvalue weighted by Gasteiger charge is -2.15. The van der Waals surface area contributed by atoms with E-state index in [0.29, 0.717) is 9.09 Å². The van der Waals surface area contributed by atoms with E-state index in [-0.39, 0.29) is 16.2 Å². The van der Waals surface area contributed by atoms with Gasteiger partial charge < -0.3 is 0 Å². The molecule has 0 aliphatic heterocycles. The fourth-order valence-electron chi connectivity index (χ4n) is 1.02. The summed E-state index contributed by atoms with van der Waals surface area (Å²) in [6.07, 6.45) is 0. The van der Waals surface area contributed by atoms with Gasteiger partial charge in [-0.15, -0.1) is 23.1 Å². The number of hydrogen-bond acceptors (Lipinski definition) is 5. The molecule has 6 heteroatoms. The molecule has 0 amide bonds. The third-order valence-corrected chi connectivity index (χ3v) is 4.15. The highest BCUT2D eigenvalue weighted by atomic mass is 32.2. The second kappa shape index (κ2) is 4.55. The Morgan fingerprint density at radius 3 is 2.44 bits per heavy atom. The van der Waals surface area contributed by atoms with Gasteiger partial charge in [-0.2, -0.15) is 0 Å². The van der Waals surface area contributed by atoms with Crippen LogP contribution >= 0.6 is 23.1 Å². The molecule has 0 atom stereocenters. The summed E-state index contributed by atoms with van der Waals surface area (Å²) in [6.45, 7) is 7.36. The first-order valence-corrected chi connectivity index (χ1v) is 6.32. The molecule has 0 spiro atoms. The maximum Gasteiger partial charge on any atom is 0.294 e. The molecule has 1 rings (SSSR count). The Bertz CT molecular complexity index is 432. The average molecular weight is 259 g/mol. The smallest absolute Gasteiger partial charge is 0.294 e. The zero-order chi connectivity index (χ0) is 12.5. The Morgan fingerprint density at radius 2 is 2.06 bits per heavy atom. The van der Waals surface area contributed by atoms with Gasteiger partial charge in [0.25, 0.3) is 5.69 Å². The van der Waals surface area contributed by atoms with Gasteiger partial charge in [0.1, 0.15) is 4.21 Å². The summed E-state index contributed by atoms with van der Waals surface area (Å²) < 4.78 is 0.492. The molecule has 1 aromatic heterocycles. The lowest BCUT2D eigenvalue weighted by Crippen LogP contribution is -2.06. The highest BCUT2D eigenvalue weighted by Gasteiger charge is 2.25. The molecule has 0 aromatic carbocycles. The maximum atomic E-state index is 11.2. The topological polar surface area (TPSA) is 60.2 Å². The lowest BCUT2D eigenvalue weighted by molar-refractivity contribution is -0.387. The number of hydrogen-bond donors (Lipinski definition) is 0. The molecule has 0 fully saturated rings. The molecule has 0 bridgehead atoms. The Morgan fingerprint density at radius 1 is 1.50 bits per heavy atom. The number of thiophene rings is 1. The minimum atomic E-state index is -0.434. The first-order chi connectivity index (χ1) is 7.20. The average Bonchev–Trinajstić information content (AvgIpc) is 2.44. The molecule has 88 valence electrons. The minimum absolute atomic E-state index is 0.0372. The van der Waals surface area contributed by atoms with Crippen molar-refractivity contribution in [3.05, 3.63) is 21.1 Å². The van der Waals surface area contributed by atoms with Crippen molar-refractivity contribution in [2.24, 2.45) is 0 Å². The second-order valence-corrected chi connectivity index (χ2v) is 7.46. The fraction of sp³-hybridized carbons (Fsp3) is 0.500. The third-order valence-electron chi connectivity index (χ3n) is 1.62. The van der Waals surface area contributed by atoms with Crippen LogP contribution in [0.25, 0.3) is 0 Å². The first kappa shape index (κ1) is 13.2. The quantitative estimate of drug-likeness (QED) is 0.359. The first-order valence-electron chi connectivity index (χ1n) is 4.69. The van der Waals surface area contributed by atoms with E-state index in [1.165, 1.54) is 36.1 Å². The monoisotopic (exact) mass is 259 g/mol. The van der Waals surface area contributed by atoms with Crippen LogP contribution in [0.5, 0.6) is 0 Å². The van der Waals surface area contributed by atoms with Crippen molar-refractivity contribution >= 4 is 34.6 Å². The van der Waals surface area contributed by atoms with Crippen LogP contribution in [-0.4, -0.2) is 15.5 Å². The third kappa shape index (κ3) is 3.31. The van der Waals surface area contributed by atoms with Crippen LogP contribution in [0.4, 0.5) is 5.69 Å². The van der Waals surface area contributed by atoms with Crippen molar-refractivity contribution in [1.82, 2.24) is 0 Å². The summed E-state index contributed by atoms with van der Waals surface area (Å²) in [4.78, 5) is 22.0. The van der Waals surface area contributed by atoms with E-state index in [1.54, 1.807) is 0 Å². The van der Waals surface area contributed by atoms with E-state index in [0.717, 1.165) is 0 Å². The molecule has 0 radical (unpaired) electrons. The standard InChI is InChI=1S/C10H13NO3S2/c1-6(12)8-5-7(11(13)14)9(15-8)16-10(2,3)4/h5H,1-4H3. The number of nitro groups is 1. The molecule has 1 heterocycles. The Balaban J connectivity index is 3.15. The van der Waals surface area contributed by atoms with Crippen molar-refractivity contribution < 1.29 is 9.72 Å². The predicted octanol–water partition coefficient (Wildman–Crippen LogP) is 3.75. The van der Waals surface area contributed by atoms with Gasteiger partial charge in [-0.1, -0.05) is 20.8 Å². The van der Waals surface area contributed by atoms with Gasteiger partial charge in [-0.25, -0.2) is 0 Å². The predicted molar refractivity (Wildman–Crippen MR) is 66.6 cm³/mol. The summed E-state index contributed by atoms with van der Waals surface area (Å²) in [5.74, 6) is -0.131. The summed E-state index contributed by atoms with van der Waals surface area (Å²) in [5.41, 5.74) is 0.0372. The number of carbonyl (C=O) groups is 1. The van der Waals surface area contributed by atoms with Crippen LogP contribution in [0.3, 0.4) is 0 Å². The van der Waals surface area contributed by atoms with Gasteiger partial charge in [0.2, 0.25) is 0 Å². The van der Waals surface area contributed by atoms with E-state index >= 15 is 0 Å². The summed E-state index contributed by atoms with van der Waals surface area (Å²) in [6, 6.07) is 1.36. The van der Waals surface area contributed by atoms with Crippen LogP contribution in [0.1, 0.15) is 37.4 Å². The van der Waals surface area contributed by atoms with E-state index in [9.17, 15) is 14.9 Å². The van der Waals surface area contributed by atoms with E-state index in [4.69, 9.17) is 0 Å². The van der Waals surface area contributed by atoms with Gasteiger partial charge in [-0.3, -0.25) is 14.9 Å². The molecule has 0 saturated carbocycles. The largest absolute Gasteiger partial charge is 0.294 e. The summed E-state index contributed by atoms with van der Waals surface area (Å²) in [5, 5.41) is 10.8. The van der Waals surface area contributed by atoms with Crippen LogP contribution in [0.2, 0.25) is 0 Å². The van der Waals surface area contributed by atoms with Gasteiger partial charge >= 0.3 is 0 Å². The van der Waals surface area contributed by atoms with Crippen LogP contribution in [0.15, 0.2) is 10.3 Å². The fourth-order valence-corrected chi connectivity index (χ4v) is 3.75. The molecule has 1 aromatic rings. The van der Waals surface area contributed by atoms with Crippen molar-refractivity contribution in [2.75, 3.05) is 0 Å². The highest BCUT2D eigenvalue weighted by molar-refractivity contribution is 8.02. The minimum Gasteiger partial charge on any atom is -0.294 e. The zero-order valence-corrected chi connectivity index (χ0v) is 11.2. The Kier molecular flexibility index (Phi) is 3.75. The van der Waals surface area contributed by atoms with Gasteiger partial charge in [0.15, 0.2) is 5.78 Å². The van der Waals surface area contributed by atoms with Crippen molar-refractivity contribution in [3.63, 3.8) is 0 Å². The maximum absolute atomic E-state index is 11.2. The molecule has 0 unspecified atom stereocenters. The number of Topliss-reactive ketones (excluding diaryl/α,β-unsaturated/α-hetero) is 1. The van der Waals surface area contributed by atoms with E-state index in [1.807, 2.05) is 20.8 Å². The summed E-state index contributed by atoms with van der Waals surface area (Å²) in [7, 11) is 0. The number of nitrogens with zero attached hydrogens (tertiary/aromatic N) is 1. The second-order valence-electron chi connectivity index (χ2n) is 4.31. The molecule has 0 N–H and O–H groups in total. The van der Waals surface area contributed by atoms with Gasteiger partial charge in [0.05, 0.1) is 9.80 Å². The van der Waals surface area contributed by atoms with E-state index in [2.05, 4.69) is 0 Å². The van der Waals surface area contributed by atoms with Crippen molar-refractivity contribution in [1.29, 1.82) is 0 Å². The van der Waals surface area contributed by atoms with Crippen molar-refractivity contribution in [3.8, 4) is 0 Å². The van der Waals surface area contributed by atoms with Crippen molar-refractivity contribution in [2.45, 2.75) is 36.7 Å². The van der Waals surface area contributed by atoms with Gasteiger partial charge in [-0.05, 0) is 6.92 Å². The van der Waals surface area contributed by atoms with Crippen LogP contribution in [0, 0.1) is 10.1 Å². The molecule has 16 heavy (non-hydrogen) atoms. The molecule has 4 nitrogen and oxygen atoms in total. The van der Waals surface area contributed by atoms with Crippen LogP contribution < -0.4 is 0 Å². The summed E-state index contributed by atoms with van der Waals surface area (Å²) >= 11 is 2.61. The van der Waals surface area contributed by atoms with Gasteiger partial charge in [0, 0.05) is 10.8 Å². The molecular weight excluding hydrogens is 246 g/mol. The lowest BCUT2D eigenvalue weighted by atomic mass is 10.3. The number of thioether (sulfide) groups is 1. The number of rotatable bonds is 3. The van der Waals surface area contributed by atoms with Crippen LogP contribution in [-0.2, 0) is 0 Å². The number of carbonyl (C=O) groups excluding carboxylic acids is 1.